The van der Waals surface area contributed by atoms with E-state index in [1.807, 2.05) is 0 Å². The average Bonchev–Trinajstić information content (AvgIpc) is 2.69. The van der Waals surface area contributed by atoms with Gasteiger partial charge in [0.05, 0.1) is 15.6 Å². The number of carboxylic acids is 1. The van der Waals surface area contributed by atoms with Gasteiger partial charge in [0.2, 0.25) is 0 Å². The van der Waals surface area contributed by atoms with Crippen molar-refractivity contribution >= 4 is 40.8 Å². The van der Waals surface area contributed by atoms with Gasteiger partial charge in [-0.2, -0.15) is 0 Å². The van der Waals surface area contributed by atoms with E-state index in [0.29, 0.717) is 22.3 Å². The molecule has 1 heterocycles. The summed E-state index contributed by atoms with van der Waals surface area (Å²) < 4.78 is 5.90. The molecule has 148 valence electrons. The van der Waals surface area contributed by atoms with Crippen molar-refractivity contribution in [2.75, 3.05) is 0 Å². The maximum atomic E-state index is 11.9. The van der Waals surface area contributed by atoms with Gasteiger partial charge in [0.1, 0.15) is 23.0 Å². The summed E-state index contributed by atoms with van der Waals surface area (Å²) >= 11 is 18.6. The molecule has 0 bridgehead atoms. The highest BCUT2D eigenvalue weighted by Gasteiger charge is 2.35. The summed E-state index contributed by atoms with van der Waals surface area (Å²) in [5, 5.41) is 30.1. The third-order valence-corrected chi connectivity index (χ3v) is 5.87. The van der Waals surface area contributed by atoms with E-state index >= 15 is 0 Å². The Bertz CT molecular complexity index is 1160. The molecule has 0 spiro atoms. The Morgan fingerprint density at radius 3 is 2.38 bits per heavy atom. The van der Waals surface area contributed by atoms with E-state index in [1.165, 1.54) is 24.3 Å². The lowest BCUT2D eigenvalue weighted by atomic mass is 9.78. The number of ether oxygens (including phenoxy) is 1. The lowest BCUT2D eigenvalue weighted by Gasteiger charge is -2.32. The number of aromatic hydroxyl groups is 2. The second-order valence-electron chi connectivity index (χ2n) is 6.50. The van der Waals surface area contributed by atoms with Crippen molar-refractivity contribution in [3.63, 3.8) is 0 Å². The summed E-state index contributed by atoms with van der Waals surface area (Å²) in [6, 6.07) is 10.8. The van der Waals surface area contributed by atoms with Crippen LogP contribution in [0, 0.1) is 0 Å². The molecule has 0 saturated carbocycles. The first kappa shape index (κ1) is 19.7. The Kier molecular flexibility index (Phi) is 4.99. The Labute approximate surface area is 180 Å². The van der Waals surface area contributed by atoms with E-state index in [1.54, 1.807) is 18.2 Å². The number of carbonyl (C=O) groups is 1. The van der Waals surface area contributed by atoms with E-state index in [9.17, 15) is 20.1 Å². The molecule has 0 saturated heterocycles. The van der Waals surface area contributed by atoms with Crippen molar-refractivity contribution < 1.29 is 24.9 Å². The number of aromatic carboxylic acids is 1. The van der Waals surface area contributed by atoms with Gasteiger partial charge in [-0.05, 0) is 23.3 Å². The SMILES string of the molecule is O=C(O)c1ccccc1C1c2cc(Cl)c(O)cc2Oc2cc(O)c(Cl)c(CCl)c21. The Balaban J connectivity index is 2.12. The molecule has 3 N–H and O–H groups in total. The fourth-order valence-corrected chi connectivity index (χ4v) is 4.37. The van der Waals surface area contributed by atoms with Crippen molar-refractivity contribution in [2.45, 2.75) is 11.8 Å². The number of halogens is 3. The zero-order valence-corrected chi connectivity index (χ0v) is 16.9. The van der Waals surface area contributed by atoms with Crippen LogP contribution in [0.5, 0.6) is 23.0 Å². The van der Waals surface area contributed by atoms with E-state index in [-0.39, 0.29) is 44.5 Å². The zero-order chi connectivity index (χ0) is 20.9. The van der Waals surface area contributed by atoms with Crippen LogP contribution in [0.15, 0.2) is 42.5 Å². The standard InChI is InChI=1S/C21H13Cl3O5/c22-8-12-19-17(7-15(26)20(12)24)29-16-6-14(25)13(23)5-11(16)18(19)9-3-1-2-4-10(9)21(27)28/h1-7,18,25-26H,8H2,(H,27,28). The number of fused-ring (bicyclic) bond motifs is 2. The van der Waals surface area contributed by atoms with Crippen LogP contribution in [0.4, 0.5) is 0 Å². The molecule has 1 aliphatic rings. The number of rotatable bonds is 3. The molecule has 3 aromatic carbocycles. The molecule has 0 aliphatic carbocycles. The average molecular weight is 452 g/mol. The lowest BCUT2D eigenvalue weighted by Crippen LogP contribution is -2.17. The van der Waals surface area contributed by atoms with E-state index < -0.39 is 11.9 Å². The summed E-state index contributed by atoms with van der Waals surface area (Å²) in [5.41, 5.74) is 2.06. The smallest absolute Gasteiger partial charge is 0.335 e. The normalized spacial score (nSPS) is 14.7. The van der Waals surface area contributed by atoms with Crippen LogP contribution in [0.3, 0.4) is 0 Å². The van der Waals surface area contributed by atoms with Crippen molar-refractivity contribution in [1.82, 2.24) is 0 Å². The molecule has 1 atom stereocenters. The van der Waals surface area contributed by atoms with Gasteiger partial charge >= 0.3 is 5.97 Å². The van der Waals surface area contributed by atoms with Crippen molar-refractivity contribution in [1.29, 1.82) is 0 Å². The van der Waals surface area contributed by atoms with Crippen LogP contribution in [-0.2, 0) is 5.88 Å². The minimum atomic E-state index is -1.10. The number of alkyl halides is 1. The summed E-state index contributed by atoms with van der Waals surface area (Å²) in [7, 11) is 0. The predicted octanol–water partition coefficient (Wildman–Crippen LogP) is 6.13. The van der Waals surface area contributed by atoms with Crippen molar-refractivity contribution in [3.05, 3.63) is 80.3 Å². The first-order chi connectivity index (χ1) is 13.8. The maximum Gasteiger partial charge on any atom is 0.335 e. The minimum Gasteiger partial charge on any atom is -0.506 e. The summed E-state index contributed by atoms with van der Waals surface area (Å²) in [6.45, 7) is 0. The molecule has 3 aromatic rings. The second-order valence-corrected chi connectivity index (χ2v) is 7.56. The van der Waals surface area contributed by atoms with Gasteiger partial charge in [0, 0.05) is 35.1 Å². The molecule has 8 heteroatoms. The minimum absolute atomic E-state index is 0.0359. The molecule has 0 radical (unpaired) electrons. The van der Waals surface area contributed by atoms with Crippen LogP contribution in [0.25, 0.3) is 0 Å². The predicted molar refractivity (Wildman–Crippen MR) is 110 cm³/mol. The number of carboxylic acid groups (broad SMARTS) is 1. The summed E-state index contributed by atoms with van der Waals surface area (Å²) in [5.74, 6) is -1.63. The molecule has 5 nitrogen and oxygen atoms in total. The van der Waals surface area contributed by atoms with Gasteiger partial charge in [-0.25, -0.2) is 4.79 Å². The van der Waals surface area contributed by atoms with Gasteiger partial charge in [-0.15, -0.1) is 11.6 Å². The highest BCUT2D eigenvalue weighted by molar-refractivity contribution is 6.34. The number of benzene rings is 3. The first-order valence-electron chi connectivity index (χ1n) is 8.46. The zero-order valence-electron chi connectivity index (χ0n) is 14.6. The molecule has 0 amide bonds. The molecule has 29 heavy (non-hydrogen) atoms. The topological polar surface area (TPSA) is 87.0 Å². The number of hydrogen-bond donors (Lipinski definition) is 3. The van der Waals surface area contributed by atoms with Crippen LogP contribution < -0.4 is 4.74 Å². The molecular formula is C21H13Cl3O5. The van der Waals surface area contributed by atoms with Gasteiger partial charge in [0.15, 0.2) is 0 Å². The first-order valence-corrected chi connectivity index (χ1v) is 9.75. The van der Waals surface area contributed by atoms with Crippen LogP contribution >= 0.6 is 34.8 Å². The summed E-state index contributed by atoms with van der Waals surface area (Å²) in [4.78, 5) is 11.9. The fraction of sp³-hybridized carbons (Fsp3) is 0.0952. The van der Waals surface area contributed by atoms with Gasteiger partial charge in [0.25, 0.3) is 0 Å². The number of phenolic OH excluding ortho intramolecular Hbond substituents is 2. The van der Waals surface area contributed by atoms with Crippen molar-refractivity contribution in [2.24, 2.45) is 0 Å². The Morgan fingerprint density at radius 1 is 1.00 bits per heavy atom. The third kappa shape index (κ3) is 3.15. The largest absolute Gasteiger partial charge is 0.506 e. The molecule has 1 aliphatic heterocycles. The van der Waals surface area contributed by atoms with E-state index in [2.05, 4.69) is 0 Å². The molecule has 4 rings (SSSR count). The van der Waals surface area contributed by atoms with Gasteiger partial charge in [-0.3, -0.25) is 0 Å². The van der Waals surface area contributed by atoms with Crippen molar-refractivity contribution in [3.8, 4) is 23.0 Å². The van der Waals surface area contributed by atoms with Gasteiger partial charge in [-0.1, -0.05) is 41.4 Å². The van der Waals surface area contributed by atoms with Crippen LogP contribution in [0.2, 0.25) is 10.0 Å². The third-order valence-electron chi connectivity index (χ3n) is 4.88. The van der Waals surface area contributed by atoms with Gasteiger partial charge < -0.3 is 20.1 Å². The monoisotopic (exact) mass is 450 g/mol. The van der Waals surface area contributed by atoms with Crippen LogP contribution in [-0.4, -0.2) is 21.3 Å². The van der Waals surface area contributed by atoms with E-state index in [4.69, 9.17) is 39.5 Å². The molecule has 0 aromatic heterocycles. The molecular weight excluding hydrogens is 439 g/mol. The fourth-order valence-electron chi connectivity index (χ4n) is 3.63. The Morgan fingerprint density at radius 2 is 1.69 bits per heavy atom. The van der Waals surface area contributed by atoms with E-state index in [0.717, 1.165) is 0 Å². The second kappa shape index (κ2) is 7.34. The molecule has 0 fully saturated rings. The Hall–Kier alpha value is -2.60. The van der Waals surface area contributed by atoms with Crippen LogP contribution in [0.1, 0.15) is 38.5 Å². The summed E-state index contributed by atoms with van der Waals surface area (Å²) in [6.07, 6.45) is 0. The highest BCUT2D eigenvalue weighted by Crippen LogP contribution is 2.54. The highest BCUT2D eigenvalue weighted by atomic mass is 35.5. The lowest BCUT2D eigenvalue weighted by molar-refractivity contribution is 0.0695. The molecule has 1 unspecified atom stereocenters. The number of hydrogen-bond acceptors (Lipinski definition) is 4. The number of phenols is 2. The quantitative estimate of drug-likeness (QED) is 0.326. The maximum absolute atomic E-state index is 11.9.